The average Bonchev–Trinajstić information content (AvgIpc) is 3.56. The number of fused-ring (bicyclic) bond motifs is 3. The minimum atomic E-state index is -1.18. The molecule has 0 unspecified atom stereocenters. The van der Waals surface area contributed by atoms with Crippen LogP contribution in [0.25, 0.3) is 32.9 Å². The van der Waals surface area contributed by atoms with Crippen molar-refractivity contribution in [1.29, 1.82) is 0 Å². The number of ether oxygens (including phenoxy) is 1. The second-order valence-electron chi connectivity index (χ2n) is 13.2. The molecule has 0 aliphatic carbocycles. The molecule has 0 bridgehead atoms. The minimum absolute atomic E-state index is 0.00880. The van der Waals surface area contributed by atoms with Crippen LogP contribution in [0.15, 0.2) is 30.5 Å². The number of phenols is 1. The van der Waals surface area contributed by atoms with Crippen LogP contribution in [0.2, 0.25) is 0 Å². The largest absolute Gasteiger partial charge is 0.508 e. The molecule has 5 heterocycles. The van der Waals surface area contributed by atoms with Gasteiger partial charge in [0, 0.05) is 31.4 Å². The van der Waals surface area contributed by atoms with E-state index < -0.39 is 17.2 Å². The van der Waals surface area contributed by atoms with E-state index in [1.165, 1.54) is 24.4 Å². The second-order valence-corrected chi connectivity index (χ2v) is 13.2. The molecule has 0 spiro atoms. The van der Waals surface area contributed by atoms with Crippen LogP contribution in [0, 0.1) is 17.6 Å². The molecule has 9 nitrogen and oxygen atoms in total. The van der Waals surface area contributed by atoms with Crippen molar-refractivity contribution in [2.75, 3.05) is 44.3 Å². The molecule has 0 amide bonds. The number of nitrogens with zero attached hydrogens (tertiary/aromatic N) is 5. The Morgan fingerprint density at radius 2 is 1.89 bits per heavy atom. The molecule has 45 heavy (non-hydrogen) atoms. The predicted molar refractivity (Wildman–Crippen MR) is 168 cm³/mol. The smallest absolute Gasteiger partial charge is 0.319 e. The van der Waals surface area contributed by atoms with Crippen molar-refractivity contribution < 1.29 is 28.8 Å². The fourth-order valence-electron chi connectivity index (χ4n) is 7.86. The van der Waals surface area contributed by atoms with Crippen molar-refractivity contribution >= 4 is 27.5 Å². The number of anilines is 1. The number of hydrogen-bond donors (Lipinski definition) is 3. The molecule has 4 aromatic rings. The van der Waals surface area contributed by atoms with E-state index in [-0.39, 0.29) is 40.7 Å². The zero-order chi connectivity index (χ0) is 31.5. The lowest BCUT2D eigenvalue weighted by Gasteiger charge is -2.38. The Hall–Kier alpha value is -3.67. The van der Waals surface area contributed by atoms with Gasteiger partial charge in [0.15, 0.2) is 5.82 Å². The maximum absolute atomic E-state index is 16.8. The van der Waals surface area contributed by atoms with Crippen molar-refractivity contribution in [1.82, 2.24) is 19.9 Å². The van der Waals surface area contributed by atoms with Gasteiger partial charge in [0.05, 0.1) is 23.1 Å². The summed E-state index contributed by atoms with van der Waals surface area (Å²) >= 11 is 0. The van der Waals surface area contributed by atoms with E-state index in [4.69, 9.17) is 9.72 Å². The van der Waals surface area contributed by atoms with Crippen LogP contribution < -0.4 is 9.64 Å². The summed E-state index contributed by atoms with van der Waals surface area (Å²) in [6.45, 7) is 6.96. The molecule has 3 aliphatic rings. The van der Waals surface area contributed by atoms with Gasteiger partial charge in [-0.2, -0.15) is 9.97 Å². The van der Waals surface area contributed by atoms with Gasteiger partial charge in [-0.1, -0.05) is 19.9 Å². The first-order chi connectivity index (χ1) is 21.6. The molecule has 0 saturated carbocycles. The fourth-order valence-corrected chi connectivity index (χ4v) is 7.86. The molecule has 11 heteroatoms. The number of phenolic OH excluding ortho intramolecular Hbond substituents is 1. The molecule has 3 fully saturated rings. The average molecular weight is 620 g/mol. The van der Waals surface area contributed by atoms with Crippen LogP contribution in [0.5, 0.6) is 11.8 Å². The Morgan fingerprint density at radius 1 is 1.09 bits per heavy atom. The number of piperidine rings is 1. The highest BCUT2D eigenvalue weighted by Crippen LogP contribution is 2.43. The zero-order valence-corrected chi connectivity index (χ0v) is 25.7. The SMILES string of the molecule is CCc1c(F)ccc2cc(O)cc(-c3ncc4c(N5CCC(O)(CO)CC5)nc(OC[C@@]56CCCN5C[C@H](C)C6)nc4c3F)c12. The maximum atomic E-state index is 16.8. The number of hydrogen-bond acceptors (Lipinski definition) is 9. The predicted octanol–water partition coefficient (Wildman–Crippen LogP) is 4.97. The number of aromatic nitrogens is 3. The van der Waals surface area contributed by atoms with Crippen molar-refractivity contribution in [3.63, 3.8) is 0 Å². The minimum Gasteiger partial charge on any atom is -0.508 e. The molecule has 0 radical (unpaired) electrons. The highest BCUT2D eigenvalue weighted by Gasteiger charge is 2.48. The Labute approximate surface area is 260 Å². The summed E-state index contributed by atoms with van der Waals surface area (Å²) < 4.78 is 38.0. The molecule has 3 saturated heterocycles. The van der Waals surface area contributed by atoms with Gasteiger partial charge in [0.2, 0.25) is 0 Å². The number of aromatic hydroxyl groups is 1. The number of aliphatic hydroxyl groups excluding tert-OH is 1. The normalized spacial score (nSPS) is 23.2. The van der Waals surface area contributed by atoms with Crippen molar-refractivity contribution in [3.8, 4) is 23.0 Å². The van der Waals surface area contributed by atoms with Gasteiger partial charge in [-0.25, -0.2) is 8.78 Å². The summed E-state index contributed by atoms with van der Waals surface area (Å²) in [6, 6.07) is 5.91. The maximum Gasteiger partial charge on any atom is 0.319 e. The van der Waals surface area contributed by atoms with Crippen LogP contribution in [0.4, 0.5) is 14.6 Å². The summed E-state index contributed by atoms with van der Waals surface area (Å²) in [5, 5.41) is 32.3. The van der Waals surface area contributed by atoms with Gasteiger partial charge in [0.1, 0.15) is 35.2 Å². The monoisotopic (exact) mass is 619 g/mol. The first-order valence-corrected chi connectivity index (χ1v) is 15.9. The Morgan fingerprint density at radius 3 is 2.64 bits per heavy atom. The van der Waals surface area contributed by atoms with E-state index in [2.05, 4.69) is 21.8 Å². The second kappa shape index (κ2) is 11.3. The molecule has 3 N–H and O–H groups in total. The van der Waals surface area contributed by atoms with Crippen LogP contribution in [-0.2, 0) is 6.42 Å². The van der Waals surface area contributed by atoms with E-state index >= 15 is 4.39 Å². The van der Waals surface area contributed by atoms with Crippen LogP contribution in [0.3, 0.4) is 0 Å². The van der Waals surface area contributed by atoms with E-state index in [0.717, 1.165) is 32.4 Å². The lowest BCUT2D eigenvalue weighted by atomic mass is 9.91. The number of rotatable bonds is 7. The fraction of sp³-hybridized carbons (Fsp3) is 0.500. The first kappa shape index (κ1) is 30.0. The van der Waals surface area contributed by atoms with Crippen molar-refractivity contribution in [3.05, 3.63) is 47.7 Å². The molecule has 7 rings (SSSR count). The Balaban J connectivity index is 1.36. The van der Waals surface area contributed by atoms with Gasteiger partial charge in [-0.3, -0.25) is 9.88 Å². The molecule has 2 atom stereocenters. The number of aryl methyl sites for hydroxylation is 1. The number of halogens is 2. The van der Waals surface area contributed by atoms with Crippen LogP contribution >= 0.6 is 0 Å². The number of aliphatic hydroxyl groups is 2. The van der Waals surface area contributed by atoms with E-state index in [9.17, 15) is 19.7 Å². The molecule has 2 aromatic heterocycles. The number of benzene rings is 2. The Bertz CT molecular complexity index is 1780. The molecular formula is C34H39F2N5O4. The third kappa shape index (κ3) is 5.14. The van der Waals surface area contributed by atoms with E-state index in [0.29, 0.717) is 72.4 Å². The molecule has 3 aliphatic heterocycles. The van der Waals surface area contributed by atoms with E-state index in [1.54, 1.807) is 6.07 Å². The third-order valence-corrected chi connectivity index (χ3v) is 10.2. The van der Waals surface area contributed by atoms with Crippen molar-refractivity contribution in [2.24, 2.45) is 5.92 Å². The molecule has 238 valence electrons. The summed E-state index contributed by atoms with van der Waals surface area (Å²) in [5.74, 6) is -0.224. The van der Waals surface area contributed by atoms with Gasteiger partial charge in [0.25, 0.3) is 0 Å². The van der Waals surface area contributed by atoms with Crippen LogP contribution in [0.1, 0.15) is 51.5 Å². The number of pyridine rings is 1. The summed E-state index contributed by atoms with van der Waals surface area (Å²) in [7, 11) is 0. The van der Waals surface area contributed by atoms with Gasteiger partial charge >= 0.3 is 6.01 Å². The van der Waals surface area contributed by atoms with Gasteiger partial charge in [-0.15, -0.1) is 0 Å². The summed E-state index contributed by atoms with van der Waals surface area (Å²) in [5.41, 5.74) is -0.638. The first-order valence-electron chi connectivity index (χ1n) is 15.9. The Kier molecular flexibility index (Phi) is 7.53. The van der Waals surface area contributed by atoms with E-state index in [1.807, 2.05) is 11.8 Å². The lowest BCUT2D eigenvalue weighted by molar-refractivity contribution is -0.0326. The molecule has 2 aromatic carbocycles. The van der Waals surface area contributed by atoms with Crippen LogP contribution in [-0.4, -0.2) is 85.7 Å². The quantitative estimate of drug-likeness (QED) is 0.264. The third-order valence-electron chi connectivity index (χ3n) is 10.2. The summed E-state index contributed by atoms with van der Waals surface area (Å²) in [4.78, 5) is 18.3. The summed E-state index contributed by atoms with van der Waals surface area (Å²) in [6.07, 6.45) is 5.65. The zero-order valence-electron chi connectivity index (χ0n) is 25.7. The highest BCUT2D eigenvalue weighted by molar-refractivity contribution is 6.01. The van der Waals surface area contributed by atoms with Gasteiger partial charge in [-0.05, 0) is 85.5 Å². The topological polar surface area (TPSA) is 115 Å². The molecular weight excluding hydrogens is 580 g/mol. The van der Waals surface area contributed by atoms with Gasteiger partial charge < -0.3 is 25.0 Å². The highest BCUT2D eigenvalue weighted by atomic mass is 19.1. The van der Waals surface area contributed by atoms with Crippen molar-refractivity contribution in [2.45, 2.75) is 63.5 Å². The lowest BCUT2D eigenvalue weighted by Crippen LogP contribution is -2.47. The standard InChI is InChI=1S/C34H39F2N5O4/c1-3-23-26(35)6-5-21-13-22(43)14-24(27(21)23)29-28(36)30-25(16-37-29)31(40-11-8-34(44,18-42)9-12-40)39-32(38-30)45-19-33-7-4-10-41(33)17-20(2)15-33/h5-6,13-14,16,20,42-44H,3-4,7-12,15,17-19H2,1-2H3/t20-,33+/m1/s1.